The van der Waals surface area contributed by atoms with Crippen molar-refractivity contribution in [1.82, 2.24) is 9.97 Å². The van der Waals surface area contributed by atoms with Crippen LogP contribution in [0, 0.1) is 0 Å². The zero-order valence-electron chi connectivity index (χ0n) is 9.18. The summed E-state index contributed by atoms with van der Waals surface area (Å²) in [5.41, 5.74) is 1.68. The van der Waals surface area contributed by atoms with Crippen molar-refractivity contribution in [2.24, 2.45) is 0 Å². The summed E-state index contributed by atoms with van der Waals surface area (Å²) in [6.45, 7) is 0. The van der Waals surface area contributed by atoms with E-state index < -0.39 is 0 Å². The Hall–Kier alpha value is -2.10. The topological polar surface area (TPSA) is 44.2 Å². The molecule has 0 atom stereocenters. The third-order valence-corrected chi connectivity index (χ3v) is 2.25. The summed E-state index contributed by atoms with van der Waals surface area (Å²) >= 11 is 0. The van der Waals surface area contributed by atoms with Gasteiger partial charge in [-0.3, -0.25) is 9.97 Å². The van der Waals surface area contributed by atoms with E-state index in [1.807, 2.05) is 18.2 Å². The molecule has 1 aromatic carbocycles. The predicted molar refractivity (Wildman–Crippen MR) is 60.6 cm³/mol. The zero-order valence-corrected chi connectivity index (χ0v) is 9.18. The van der Waals surface area contributed by atoms with Crippen molar-refractivity contribution < 1.29 is 9.47 Å². The summed E-state index contributed by atoms with van der Waals surface area (Å²) in [7, 11) is 3.24. The molecule has 1 heterocycles. The molecule has 0 aliphatic rings. The smallest absolute Gasteiger partial charge is 0.132 e. The van der Waals surface area contributed by atoms with Crippen molar-refractivity contribution in [2.75, 3.05) is 14.2 Å². The fourth-order valence-corrected chi connectivity index (χ4v) is 1.45. The second-order valence-electron chi connectivity index (χ2n) is 3.16. The molecule has 0 bridgehead atoms. The molecule has 0 N–H and O–H groups in total. The lowest BCUT2D eigenvalue weighted by molar-refractivity contribution is 0.395. The average molecular weight is 216 g/mol. The van der Waals surface area contributed by atoms with Crippen molar-refractivity contribution in [3.63, 3.8) is 0 Å². The third-order valence-electron chi connectivity index (χ3n) is 2.25. The minimum atomic E-state index is 0.722. The maximum atomic E-state index is 5.29. The molecule has 4 heteroatoms. The first-order chi connectivity index (χ1) is 7.85. The van der Waals surface area contributed by atoms with Crippen LogP contribution in [0.1, 0.15) is 0 Å². The number of methoxy groups -OCH3 is 2. The minimum absolute atomic E-state index is 0.722. The molecule has 0 saturated carbocycles. The Morgan fingerprint density at radius 2 is 1.94 bits per heavy atom. The largest absolute Gasteiger partial charge is 0.497 e. The molecule has 0 radical (unpaired) electrons. The van der Waals surface area contributed by atoms with E-state index in [-0.39, 0.29) is 0 Å². The van der Waals surface area contributed by atoms with Crippen molar-refractivity contribution in [3.05, 3.63) is 36.8 Å². The monoisotopic (exact) mass is 216 g/mol. The van der Waals surface area contributed by atoms with E-state index in [4.69, 9.17) is 9.47 Å². The molecule has 1 aromatic heterocycles. The van der Waals surface area contributed by atoms with Crippen LogP contribution in [0.3, 0.4) is 0 Å². The van der Waals surface area contributed by atoms with Crippen molar-refractivity contribution in [3.8, 4) is 22.8 Å². The van der Waals surface area contributed by atoms with E-state index in [9.17, 15) is 0 Å². The molecule has 82 valence electrons. The fourth-order valence-electron chi connectivity index (χ4n) is 1.45. The van der Waals surface area contributed by atoms with Gasteiger partial charge in [-0.2, -0.15) is 0 Å². The molecule has 0 fully saturated rings. The molecule has 0 unspecified atom stereocenters. The van der Waals surface area contributed by atoms with Crippen LogP contribution in [0.2, 0.25) is 0 Å². The van der Waals surface area contributed by atoms with Gasteiger partial charge in [-0.15, -0.1) is 0 Å². The van der Waals surface area contributed by atoms with Gasteiger partial charge < -0.3 is 9.47 Å². The highest BCUT2D eigenvalue weighted by atomic mass is 16.5. The summed E-state index contributed by atoms with van der Waals surface area (Å²) in [4.78, 5) is 8.26. The lowest BCUT2D eigenvalue weighted by Gasteiger charge is -2.09. The standard InChI is InChI=1S/C12H12N2O2/c1-15-9-3-4-10(12(7-9)16-2)11-8-13-5-6-14-11/h3-8H,1-2H3. The predicted octanol–water partition coefficient (Wildman–Crippen LogP) is 2.16. The first-order valence-corrected chi connectivity index (χ1v) is 4.83. The Labute approximate surface area is 93.9 Å². The Morgan fingerprint density at radius 3 is 2.56 bits per heavy atom. The maximum absolute atomic E-state index is 5.29. The van der Waals surface area contributed by atoms with Crippen LogP contribution in [-0.4, -0.2) is 24.2 Å². The number of hydrogen-bond acceptors (Lipinski definition) is 4. The van der Waals surface area contributed by atoms with Gasteiger partial charge >= 0.3 is 0 Å². The molecule has 0 aliphatic heterocycles. The quantitative estimate of drug-likeness (QED) is 0.788. The van der Waals surface area contributed by atoms with Crippen molar-refractivity contribution in [2.45, 2.75) is 0 Å². The normalized spacial score (nSPS) is 9.88. The second kappa shape index (κ2) is 4.61. The van der Waals surface area contributed by atoms with Gasteiger partial charge in [0.05, 0.1) is 26.1 Å². The van der Waals surface area contributed by atoms with E-state index in [1.54, 1.807) is 32.8 Å². The molecule has 2 aromatic rings. The molecule has 0 aliphatic carbocycles. The molecular weight excluding hydrogens is 204 g/mol. The van der Waals surface area contributed by atoms with Crippen LogP contribution in [0.15, 0.2) is 36.8 Å². The summed E-state index contributed by atoms with van der Waals surface area (Å²) < 4.78 is 10.4. The van der Waals surface area contributed by atoms with Gasteiger partial charge in [-0.1, -0.05) is 0 Å². The van der Waals surface area contributed by atoms with Gasteiger partial charge in [0.2, 0.25) is 0 Å². The van der Waals surface area contributed by atoms with Crippen LogP contribution < -0.4 is 9.47 Å². The highest BCUT2D eigenvalue weighted by Gasteiger charge is 2.08. The fraction of sp³-hybridized carbons (Fsp3) is 0.167. The Bertz CT molecular complexity index is 472. The maximum Gasteiger partial charge on any atom is 0.132 e. The van der Waals surface area contributed by atoms with E-state index >= 15 is 0 Å². The molecule has 0 spiro atoms. The third kappa shape index (κ3) is 1.95. The first-order valence-electron chi connectivity index (χ1n) is 4.83. The number of nitrogens with zero attached hydrogens (tertiary/aromatic N) is 2. The van der Waals surface area contributed by atoms with Crippen LogP contribution >= 0.6 is 0 Å². The van der Waals surface area contributed by atoms with Gasteiger partial charge in [0.1, 0.15) is 11.5 Å². The molecular formula is C12H12N2O2. The summed E-state index contributed by atoms with van der Waals surface area (Å²) in [5.74, 6) is 1.48. The van der Waals surface area contributed by atoms with E-state index in [0.29, 0.717) is 0 Å². The number of hydrogen-bond donors (Lipinski definition) is 0. The molecule has 0 amide bonds. The lowest BCUT2D eigenvalue weighted by atomic mass is 10.1. The first kappa shape index (κ1) is 10.4. The average Bonchev–Trinajstić information content (AvgIpc) is 2.39. The number of aromatic nitrogens is 2. The minimum Gasteiger partial charge on any atom is -0.497 e. The second-order valence-corrected chi connectivity index (χ2v) is 3.16. The molecule has 2 rings (SSSR count). The molecule has 16 heavy (non-hydrogen) atoms. The van der Waals surface area contributed by atoms with Gasteiger partial charge in [0.15, 0.2) is 0 Å². The van der Waals surface area contributed by atoms with Crippen molar-refractivity contribution in [1.29, 1.82) is 0 Å². The Morgan fingerprint density at radius 1 is 1.06 bits per heavy atom. The summed E-state index contributed by atoms with van der Waals surface area (Å²) in [6, 6.07) is 5.60. The van der Waals surface area contributed by atoms with Crippen LogP contribution in [-0.2, 0) is 0 Å². The van der Waals surface area contributed by atoms with Gasteiger partial charge in [0.25, 0.3) is 0 Å². The van der Waals surface area contributed by atoms with E-state index in [0.717, 1.165) is 22.8 Å². The van der Waals surface area contributed by atoms with Gasteiger partial charge in [0, 0.05) is 24.0 Å². The Balaban J connectivity index is 2.49. The van der Waals surface area contributed by atoms with Gasteiger partial charge in [-0.05, 0) is 12.1 Å². The zero-order chi connectivity index (χ0) is 11.4. The number of ether oxygens (including phenoxy) is 2. The summed E-state index contributed by atoms with van der Waals surface area (Å²) in [6.07, 6.45) is 4.99. The molecule has 0 saturated heterocycles. The SMILES string of the molecule is COc1ccc(-c2cnccn2)c(OC)c1. The number of rotatable bonds is 3. The summed E-state index contributed by atoms with van der Waals surface area (Å²) in [5, 5.41) is 0. The lowest BCUT2D eigenvalue weighted by Crippen LogP contribution is -1.92. The van der Waals surface area contributed by atoms with Crippen LogP contribution in [0.25, 0.3) is 11.3 Å². The van der Waals surface area contributed by atoms with Crippen LogP contribution in [0.4, 0.5) is 0 Å². The number of benzene rings is 1. The van der Waals surface area contributed by atoms with E-state index in [2.05, 4.69) is 9.97 Å². The Kier molecular flexibility index (Phi) is 3.00. The van der Waals surface area contributed by atoms with Crippen LogP contribution in [0.5, 0.6) is 11.5 Å². The van der Waals surface area contributed by atoms with E-state index in [1.165, 1.54) is 0 Å². The van der Waals surface area contributed by atoms with Crippen molar-refractivity contribution >= 4 is 0 Å². The molecule has 4 nitrogen and oxygen atoms in total. The van der Waals surface area contributed by atoms with Gasteiger partial charge in [-0.25, -0.2) is 0 Å². The highest BCUT2D eigenvalue weighted by molar-refractivity contribution is 5.67. The highest BCUT2D eigenvalue weighted by Crippen LogP contribution is 2.31.